The Bertz CT molecular complexity index is 1210. The van der Waals surface area contributed by atoms with Crippen LogP contribution >= 0.6 is 0 Å². The molecule has 1 aliphatic carbocycles. The molecule has 1 amide bonds. The first kappa shape index (κ1) is 23.2. The van der Waals surface area contributed by atoms with Crippen molar-refractivity contribution in [1.29, 1.82) is 0 Å². The van der Waals surface area contributed by atoms with Gasteiger partial charge in [-0.1, -0.05) is 60.7 Å². The quantitative estimate of drug-likeness (QED) is 0.452. The number of aliphatic hydroxyl groups is 1. The highest BCUT2D eigenvalue weighted by Crippen LogP contribution is 2.45. The Morgan fingerprint density at radius 1 is 0.944 bits per heavy atom. The van der Waals surface area contributed by atoms with Crippen LogP contribution in [0.5, 0.6) is 0 Å². The van der Waals surface area contributed by atoms with Gasteiger partial charge in [0.15, 0.2) is 0 Å². The Morgan fingerprint density at radius 3 is 2.22 bits per heavy atom. The average molecular weight is 486 g/mol. The van der Waals surface area contributed by atoms with E-state index in [-0.39, 0.29) is 29.9 Å². The lowest BCUT2D eigenvalue weighted by atomic mass is 9.73. The molecule has 3 aromatic carbocycles. The minimum atomic E-state index is -0.845. The molecule has 2 saturated heterocycles. The molecule has 2 fully saturated rings. The maximum absolute atomic E-state index is 13.6. The van der Waals surface area contributed by atoms with Crippen molar-refractivity contribution in [3.8, 4) is 11.1 Å². The third-order valence-corrected chi connectivity index (χ3v) is 8.41. The Balaban J connectivity index is 1.13. The molecule has 2 unspecified atom stereocenters. The van der Waals surface area contributed by atoms with Crippen LogP contribution in [0.2, 0.25) is 0 Å². The highest BCUT2D eigenvalue weighted by molar-refractivity contribution is 5.79. The number of rotatable bonds is 5. The summed E-state index contributed by atoms with van der Waals surface area (Å²) in [7, 11) is 0. The number of hydrogen-bond acceptors (Lipinski definition) is 3. The molecule has 2 atom stereocenters. The van der Waals surface area contributed by atoms with Gasteiger partial charge in [0.05, 0.1) is 5.60 Å². The maximum atomic E-state index is 13.6. The molecule has 6 rings (SSSR count). The van der Waals surface area contributed by atoms with Gasteiger partial charge in [0.1, 0.15) is 12.4 Å². The Hall–Kier alpha value is -3.18. The lowest BCUT2D eigenvalue weighted by Crippen LogP contribution is -2.60. The SMILES string of the molecule is O=C(OCC1c2ccccc2-c2ccccc21)N1C2CCCC1CC(O)(CCc1cccc(F)c1)C2. The first-order chi connectivity index (χ1) is 17.5. The predicted molar refractivity (Wildman–Crippen MR) is 137 cm³/mol. The minimum Gasteiger partial charge on any atom is -0.448 e. The summed E-state index contributed by atoms with van der Waals surface area (Å²) in [4.78, 5) is 15.3. The van der Waals surface area contributed by atoms with Crippen molar-refractivity contribution >= 4 is 6.09 Å². The van der Waals surface area contributed by atoms with Crippen LogP contribution in [0.4, 0.5) is 9.18 Å². The number of halogens is 1. The molecule has 3 aliphatic rings. The van der Waals surface area contributed by atoms with Crippen LogP contribution < -0.4 is 0 Å². The van der Waals surface area contributed by atoms with Crippen molar-refractivity contribution in [1.82, 2.24) is 4.90 Å². The Kier molecular flexibility index (Phi) is 6.04. The molecule has 3 aromatic rings. The molecule has 0 saturated carbocycles. The minimum absolute atomic E-state index is 0.0225. The van der Waals surface area contributed by atoms with E-state index in [2.05, 4.69) is 24.3 Å². The second-order valence-electron chi connectivity index (χ2n) is 10.7. The number of nitrogens with zero attached hydrogens (tertiary/aromatic N) is 1. The number of piperidine rings is 2. The number of carbonyl (C=O) groups excluding carboxylic acids is 1. The van der Waals surface area contributed by atoms with Crippen LogP contribution in [0.25, 0.3) is 11.1 Å². The summed E-state index contributed by atoms with van der Waals surface area (Å²) in [5.41, 5.74) is 4.89. The van der Waals surface area contributed by atoms with Gasteiger partial charge in [-0.25, -0.2) is 9.18 Å². The summed E-state index contributed by atoms with van der Waals surface area (Å²) >= 11 is 0. The Labute approximate surface area is 211 Å². The zero-order valence-electron chi connectivity index (χ0n) is 20.4. The summed E-state index contributed by atoms with van der Waals surface area (Å²) in [6.45, 7) is 0.312. The topological polar surface area (TPSA) is 49.8 Å². The van der Waals surface area contributed by atoms with Crippen LogP contribution in [0.15, 0.2) is 72.8 Å². The van der Waals surface area contributed by atoms with Gasteiger partial charge in [-0.3, -0.25) is 0 Å². The molecular weight excluding hydrogens is 453 g/mol. The highest BCUT2D eigenvalue weighted by atomic mass is 19.1. The van der Waals surface area contributed by atoms with Crippen molar-refractivity contribution in [3.05, 3.63) is 95.3 Å². The van der Waals surface area contributed by atoms with Crippen LogP contribution in [-0.2, 0) is 11.2 Å². The van der Waals surface area contributed by atoms with Crippen LogP contribution in [-0.4, -0.2) is 40.4 Å². The number of fused-ring (bicyclic) bond motifs is 5. The first-order valence-electron chi connectivity index (χ1n) is 13.1. The second-order valence-corrected chi connectivity index (χ2v) is 10.7. The summed E-state index contributed by atoms with van der Waals surface area (Å²) in [5, 5.41) is 11.5. The molecule has 0 radical (unpaired) electrons. The molecular formula is C31H32FNO3. The summed E-state index contributed by atoms with van der Waals surface area (Å²) < 4.78 is 19.6. The third kappa shape index (κ3) is 4.30. The number of carbonyl (C=O) groups is 1. The number of ether oxygens (including phenoxy) is 1. The van der Waals surface area contributed by atoms with Crippen molar-refractivity contribution < 1.29 is 19.0 Å². The van der Waals surface area contributed by atoms with Crippen LogP contribution in [0.3, 0.4) is 0 Å². The van der Waals surface area contributed by atoms with Crippen molar-refractivity contribution in [3.63, 3.8) is 0 Å². The van der Waals surface area contributed by atoms with E-state index < -0.39 is 5.60 Å². The third-order valence-electron chi connectivity index (χ3n) is 8.41. The second kappa shape index (κ2) is 9.36. The molecule has 36 heavy (non-hydrogen) atoms. The van der Waals surface area contributed by atoms with E-state index >= 15 is 0 Å². The van der Waals surface area contributed by atoms with Gasteiger partial charge in [0, 0.05) is 18.0 Å². The van der Waals surface area contributed by atoms with Gasteiger partial charge >= 0.3 is 6.09 Å². The van der Waals surface area contributed by atoms with E-state index in [1.54, 1.807) is 6.07 Å². The fraction of sp³-hybridized carbons (Fsp3) is 0.387. The predicted octanol–water partition coefficient (Wildman–Crippen LogP) is 6.46. The number of benzene rings is 3. The number of aryl methyl sites for hydroxylation is 1. The molecule has 0 aromatic heterocycles. The molecule has 5 heteroatoms. The van der Waals surface area contributed by atoms with Gasteiger partial charge in [-0.05, 0) is 84.9 Å². The molecule has 1 N–H and O–H groups in total. The summed E-state index contributed by atoms with van der Waals surface area (Å²) in [5.74, 6) is -0.212. The van der Waals surface area contributed by atoms with E-state index in [0.29, 0.717) is 32.3 Å². The average Bonchev–Trinajstić information content (AvgIpc) is 3.19. The smallest absolute Gasteiger partial charge is 0.410 e. The normalized spacial score (nSPS) is 24.8. The monoisotopic (exact) mass is 485 g/mol. The van der Waals surface area contributed by atoms with Gasteiger partial charge in [0.25, 0.3) is 0 Å². The number of hydrogen-bond donors (Lipinski definition) is 1. The standard InChI is InChI=1S/C31H32FNO3/c32-22-8-5-7-21(17-22)15-16-31(35)18-23-9-6-10-24(19-31)33(23)30(34)36-20-29-27-13-3-1-11-25(27)26-12-2-4-14-28(26)29/h1-5,7-8,11-14,17,23-24,29,35H,6,9-10,15-16,18-20H2. The fourth-order valence-electron chi connectivity index (χ4n) is 6.77. The largest absolute Gasteiger partial charge is 0.448 e. The molecule has 186 valence electrons. The first-order valence-corrected chi connectivity index (χ1v) is 13.1. The zero-order valence-corrected chi connectivity index (χ0v) is 20.4. The molecule has 4 nitrogen and oxygen atoms in total. The lowest BCUT2D eigenvalue weighted by Gasteiger charge is -2.51. The van der Waals surface area contributed by atoms with Gasteiger partial charge < -0.3 is 14.7 Å². The van der Waals surface area contributed by atoms with Crippen molar-refractivity contribution in [2.24, 2.45) is 0 Å². The van der Waals surface area contributed by atoms with Crippen molar-refractivity contribution in [2.45, 2.75) is 68.5 Å². The Morgan fingerprint density at radius 2 is 1.58 bits per heavy atom. The fourth-order valence-corrected chi connectivity index (χ4v) is 6.77. The van der Waals surface area contributed by atoms with Gasteiger partial charge in [0.2, 0.25) is 0 Å². The van der Waals surface area contributed by atoms with Gasteiger partial charge in [-0.2, -0.15) is 0 Å². The van der Waals surface area contributed by atoms with E-state index in [4.69, 9.17) is 4.74 Å². The van der Waals surface area contributed by atoms with Crippen LogP contribution in [0.1, 0.15) is 61.1 Å². The molecule has 2 bridgehead atoms. The summed E-state index contributed by atoms with van der Waals surface area (Å²) in [6.07, 6.45) is 4.83. The summed E-state index contributed by atoms with van der Waals surface area (Å²) in [6, 6.07) is 23.3. The van der Waals surface area contributed by atoms with E-state index in [1.165, 1.54) is 34.4 Å². The molecule has 0 spiro atoms. The van der Waals surface area contributed by atoms with Crippen molar-refractivity contribution in [2.75, 3.05) is 6.61 Å². The zero-order chi connectivity index (χ0) is 24.7. The van der Waals surface area contributed by atoms with E-state index in [9.17, 15) is 14.3 Å². The van der Waals surface area contributed by atoms with E-state index in [0.717, 1.165) is 24.8 Å². The van der Waals surface area contributed by atoms with E-state index in [1.807, 2.05) is 35.2 Å². The maximum Gasteiger partial charge on any atom is 0.410 e. The lowest BCUT2D eigenvalue weighted by molar-refractivity contribution is -0.0882. The molecule has 2 aliphatic heterocycles. The highest BCUT2D eigenvalue weighted by Gasteiger charge is 2.47. The van der Waals surface area contributed by atoms with Gasteiger partial charge in [-0.15, -0.1) is 0 Å². The molecule has 2 heterocycles. The van der Waals surface area contributed by atoms with Crippen LogP contribution in [0, 0.1) is 5.82 Å². The number of amides is 1.